The van der Waals surface area contributed by atoms with Crippen molar-refractivity contribution in [2.24, 2.45) is 0 Å². The van der Waals surface area contributed by atoms with E-state index in [1.165, 1.54) is 0 Å². The summed E-state index contributed by atoms with van der Waals surface area (Å²) in [6.07, 6.45) is 0. The van der Waals surface area contributed by atoms with Gasteiger partial charge in [0.05, 0.1) is 0 Å². The minimum Gasteiger partial charge on any atom is -0.671 e. The first-order valence-electron chi connectivity index (χ1n) is 3.69. The second-order valence-corrected chi connectivity index (χ2v) is 4.37. The van der Waals surface area contributed by atoms with Gasteiger partial charge < -0.3 is 35.9 Å². The number of benzene rings is 1. The minimum absolute atomic E-state index is 0. The van der Waals surface area contributed by atoms with Crippen molar-refractivity contribution in [3.63, 3.8) is 0 Å². The van der Waals surface area contributed by atoms with Crippen LogP contribution in [-0.4, -0.2) is 12.8 Å². The smallest absolute Gasteiger partial charge is 0.671 e. The first kappa shape index (κ1) is 63.5. The molecule has 0 fully saturated rings. The van der Waals surface area contributed by atoms with Gasteiger partial charge in [-0.3, -0.25) is 0 Å². The Balaban J connectivity index is -0.0000000120. The molecule has 0 saturated heterocycles. The predicted molar refractivity (Wildman–Crippen MR) is 76.2 cm³/mol. The largest absolute Gasteiger partial charge is 2.00 e. The maximum absolute atomic E-state index is 8.47. The molecule has 2 N–H and O–H groups in total. The van der Waals surface area contributed by atoms with Crippen LogP contribution in [0, 0.1) is 21.8 Å². The molecule has 124 valence electrons. The van der Waals surface area contributed by atoms with Crippen molar-refractivity contribution in [3.05, 3.63) is 69.1 Å². The van der Waals surface area contributed by atoms with Crippen LogP contribution >= 0.6 is 18.6 Å². The fraction of sp³-hybridized carbons (Fsp3) is 0. The van der Waals surface area contributed by atoms with E-state index in [4.69, 9.17) is 39.7 Å². The van der Waals surface area contributed by atoms with E-state index in [1.807, 2.05) is 30.3 Å². The van der Waals surface area contributed by atoms with E-state index in [0.29, 0.717) is 0 Å². The number of nitrogens with one attached hydrogen (secondary N) is 2. The molecule has 0 bridgehead atoms. The van der Waals surface area contributed by atoms with E-state index >= 15 is 0 Å². The van der Waals surface area contributed by atoms with Crippen LogP contribution in [0.5, 0.6) is 0 Å². The summed E-state index contributed by atoms with van der Waals surface area (Å²) in [4.78, 5) is 16.9. The second kappa shape index (κ2) is 73.6. The van der Waals surface area contributed by atoms with Crippen molar-refractivity contribution in [1.29, 1.82) is 0 Å². The van der Waals surface area contributed by atoms with Crippen molar-refractivity contribution in [2.45, 2.75) is 0 Å². The van der Waals surface area contributed by atoms with E-state index in [2.05, 4.69) is 6.92 Å². The molecule has 0 saturated carbocycles. The van der Waals surface area contributed by atoms with Gasteiger partial charge >= 0.3 is 57.4 Å². The Kier molecular flexibility index (Phi) is 203. The molecule has 0 spiro atoms. The molecule has 0 aliphatic carbocycles. The fourth-order valence-electron chi connectivity index (χ4n) is 0.478. The van der Waals surface area contributed by atoms with Crippen molar-refractivity contribution in [2.75, 3.05) is 0 Å². The second-order valence-electron chi connectivity index (χ2n) is 1.79. The monoisotopic (exact) mass is 567 g/mol. The van der Waals surface area contributed by atoms with Crippen molar-refractivity contribution in [1.82, 2.24) is 0 Å². The number of halogens is 2. The van der Waals surface area contributed by atoms with Gasteiger partial charge in [0.2, 0.25) is 0 Å². The molecule has 0 heterocycles. The van der Waals surface area contributed by atoms with Crippen LogP contribution in [-0.2, 0) is 135 Å². The summed E-state index contributed by atoms with van der Waals surface area (Å²) >= 11 is -0.556. The summed E-state index contributed by atoms with van der Waals surface area (Å²) < 4.78 is 0. The molecular formula is C11H17Cl2N2O2Ti6-3. The number of rotatable bonds is 0. The Morgan fingerprint density at radius 3 is 1.13 bits per heavy atom. The summed E-state index contributed by atoms with van der Waals surface area (Å²) in [6.45, 7) is 3.72. The first-order valence-corrected chi connectivity index (χ1v) is 7.99. The standard InChI is InChI=1S/C7H7.2CH3NO.2CH3.2ClH.6Ti/c1-7-5-3-2-4-6-7;2*2-1-3;;;;;;;;;;/h2-6H,1H2;2*1H,(H2,2,3);2*1H3;2*1H;;;;;;/q-1;;;2*-1;;;;;;;2*+2/p-4. The molecule has 1 aromatic rings. The van der Waals surface area contributed by atoms with Gasteiger partial charge in [0.1, 0.15) is 0 Å². The molecular weight excluding hydrogens is 550 g/mol. The van der Waals surface area contributed by atoms with Gasteiger partial charge in [-0.1, -0.05) is 6.07 Å². The van der Waals surface area contributed by atoms with Gasteiger partial charge in [0.15, 0.2) is 0 Å². The van der Waals surface area contributed by atoms with Crippen LogP contribution in [0.25, 0.3) is 11.5 Å². The van der Waals surface area contributed by atoms with E-state index in [1.54, 1.807) is 0 Å². The van der Waals surface area contributed by atoms with Crippen molar-refractivity contribution < 1.29 is 135 Å². The van der Waals surface area contributed by atoms with Crippen LogP contribution in [0.3, 0.4) is 0 Å². The molecule has 0 unspecified atom stereocenters. The number of hydrogen-bond acceptors (Lipinski definition) is 2. The van der Waals surface area contributed by atoms with E-state index < -0.39 is 17.0 Å². The molecule has 0 aliphatic heterocycles. The fourth-order valence-corrected chi connectivity index (χ4v) is 0.478. The van der Waals surface area contributed by atoms with Crippen LogP contribution < -0.4 is 0 Å². The zero-order valence-electron chi connectivity index (χ0n) is 12.8. The molecule has 23 heavy (non-hydrogen) atoms. The maximum atomic E-state index is 8.47. The third kappa shape index (κ3) is 110. The van der Waals surface area contributed by atoms with E-state index in [9.17, 15) is 0 Å². The van der Waals surface area contributed by atoms with Gasteiger partial charge in [0.25, 0.3) is 0 Å². The van der Waals surface area contributed by atoms with E-state index in [-0.39, 0.29) is 136 Å². The molecule has 1 aromatic carbocycles. The molecule has 0 atom stereocenters. The first-order chi connectivity index (χ1) is 7.64. The quantitative estimate of drug-likeness (QED) is 0.263. The SMILES string of the molecule is [CH2-]c1ccccc1.[CH3-].[CH3-].[Cl][Ti][Cl].[NH-]C=O.[NH-]C=O.[Ti+2].[Ti].[Ti].[Ti].[Ti]. The number of carbonyl (C=O) groups is 2. The third-order valence-corrected chi connectivity index (χ3v) is 0.843. The van der Waals surface area contributed by atoms with Crippen LogP contribution in [0.4, 0.5) is 0 Å². The van der Waals surface area contributed by atoms with Gasteiger partial charge in [-0.15, -0.1) is 12.1 Å². The average Bonchev–Trinajstić information content (AvgIpc) is 2.22. The normalized spacial score (nSPS) is 4.26. The van der Waals surface area contributed by atoms with Crippen LogP contribution in [0.2, 0.25) is 0 Å². The number of hydrogen-bond donors (Lipinski definition) is 0. The molecule has 0 aliphatic rings. The molecule has 12 heteroatoms. The summed E-state index contributed by atoms with van der Waals surface area (Å²) in [6, 6.07) is 9.87. The maximum Gasteiger partial charge on any atom is 2.00 e. The van der Waals surface area contributed by atoms with Gasteiger partial charge in [-0.25, -0.2) is 0 Å². The molecule has 0 aromatic heterocycles. The zero-order valence-corrected chi connectivity index (χ0v) is 23.7. The van der Waals surface area contributed by atoms with E-state index in [0.717, 1.165) is 5.56 Å². The Hall–Kier alpha value is 2.90. The summed E-state index contributed by atoms with van der Waals surface area (Å²) in [5, 5.41) is 0. The van der Waals surface area contributed by atoms with Gasteiger partial charge in [0, 0.05) is 99.7 Å². The van der Waals surface area contributed by atoms with Crippen LogP contribution in [0.1, 0.15) is 5.56 Å². The topological polar surface area (TPSA) is 81.7 Å². The van der Waals surface area contributed by atoms with Gasteiger partial charge in [-0.2, -0.15) is 24.6 Å². The molecule has 4 nitrogen and oxygen atoms in total. The summed E-state index contributed by atoms with van der Waals surface area (Å²) in [7, 11) is 9.78. The van der Waals surface area contributed by atoms with Crippen LogP contribution in [0.15, 0.2) is 30.3 Å². The Bertz CT molecular complexity index is 247. The molecule has 2 amide bonds. The predicted octanol–water partition coefficient (Wildman–Crippen LogP) is 4.52. The zero-order chi connectivity index (χ0) is 13.2. The Labute approximate surface area is 232 Å². The van der Waals surface area contributed by atoms with Crippen molar-refractivity contribution in [3.8, 4) is 0 Å². The third-order valence-electron chi connectivity index (χ3n) is 0.843. The Morgan fingerprint density at radius 2 is 1.04 bits per heavy atom. The number of amides is 2. The Morgan fingerprint density at radius 1 is 0.870 bits per heavy atom. The molecule has 1 rings (SSSR count). The number of carbonyl (C=O) groups excluding carboxylic acids is 2. The average molecular weight is 567 g/mol. The van der Waals surface area contributed by atoms with Gasteiger partial charge in [-0.05, 0) is 0 Å². The molecule has 0 radical (unpaired) electrons. The minimum atomic E-state index is -0.556. The summed E-state index contributed by atoms with van der Waals surface area (Å²) in [5.74, 6) is 0. The van der Waals surface area contributed by atoms with Crippen molar-refractivity contribution >= 4 is 31.4 Å². The summed E-state index contributed by atoms with van der Waals surface area (Å²) in [5.41, 5.74) is 12.1.